The van der Waals surface area contributed by atoms with Crippen LogP contribution in [0.2, 0.25) is 0 Å². The molecule has 0 amide bonds. The van der Waals surface area contributed by atoms with Gasteiger partial charge in [0.25, 0.3) is 0 Å². The van der Waals surface area contributed by atoms with Gasteiger partial charge in [-0.1, -0.05) is 66.7 Å². The summed E-state index contributed by atoms with van der Waals surface area (Å²) in [5.41, 5.74) is 8.24. The van der Waals surface area contributed by atoms with Crippen molar-refractivity contribution >= 4 is 12.2 Å². The van der Waals surface area contributed by atoms with E-state index >= 15 is 0 Å². The molecule has 0 N–H and O–H groups in total. The summed E-state index contributed by atoms with van der Waals surface area (Å²) in [6.45, 7) is 5.46. The average molecular weight is 654 g/mol. The van der Waals surface area contributed by atoms with Crippen LogP contribution in [0.15, 0.2) is 122 Å². The van der Waals surface area contributed by atoms with Crippen molar-refractivity contribution in [2.45, 2.75) is 33.1 Å². The van der Waals surface area contributed by atoms with Crippen LogP contribution in [-0.4, -0.2) is 47.8 Å². The van der Waals surface area contributed by atoms with E-state index in [-0.39, 0.29) is 0 Å². The Balaban J connectivity index is 1.13. The Morgan fingerprint density at radius 2 is 1.10 bits per heavy atom. The first-order valence-corrected chi connectivity index (χ1v) is 16.2. The maximum atomic E-state index is 13.9. The minimum Gasteiger partial charge on any atom is -0.292 e. The van der Waals surface area contributed by atoms with E-state index in [0.717, 1.165) is 39.3 Å². The third-order valence-electron chi connectivity index (χ3n) is 7.98. The summed E-state index contributed by atoms with van der Waals surface area (Å²) in [7, 11) is 0. The third kappa shape index (κ3) is 10.2. The summed E-state index contributed by atoms with van der Waals surface area (Å²) in [6, 6.07) is 32.0. The smallest absolute Gasteiger partial charge is 0.213 e. The van der Waals surface area contributed by atoms with Gasteiger partial charge < -0.3 is 0 Å². The van der Waals surface area contributed by atoms with Crippen molar-refractivity contribution in [3.8, 4) is 11.4 Å². The number of aromatic nitrogens is 5. The van der Waals surface area contributed by atoms with Gasteiger partial charge in [-0.25, -0.2) is 9.97 Å². The van der Waals surface area contributed by atoms with Crippen LogP contribution < -0.4 is 0 Å². The molecule has 0 saturated heterocycles. The molecule has 246 valence electrons. The highest BCUT2D eigenvalue weighted by Gasteiger charge is 2.15. The van der Waals surface area contributed by atoms with Crippen LogP contribution in [0.5, 0.6) is 0 Å². The first-order chi connectivity index (χ1) is 23.9. The van der Waals surface area contributed by atoms with E-state index in [9.17, 15) is 8.78 Å². The lowest BCUT2D eigenvalue weighted by Crippen LogP contribution is -2.35. The first-order valence-electron chi connectivity index (χ1n) is 16.2. The molecule has 1 aromatic carbocycles. The average Bonchev–Trinajstić information content (AvgIpc) is 3.11. The zero-order chi connectivity index (χ0) is 33.8. The van der Waals surface area contributed by atoms with Crippen molar-refractivity contribution in [1.29, 1.82) is 0 Å². The summed E-state index contributed by atoms with van der Waals surface area (Å²) in [5.74, 6) is -1.05. The zero-order valence-corrected chi connectivity index (χ0v) is 27.3. The molecule has 6 rings (SSSR count). The van der Waals surface area contributed by atoms with Crippen molar-refractivity contribution in [2.75, 3.05) is 13.1 Å². The number of rotatable bonds is 14. The molecule has 0 bridgehead atoms. The zero-order valence-electron chi connectivity index (χ0n) is 27.3. The van der Waals surface area contributed by atoms with Gasteiger partial charge in [0.2, 0.25) is 11.9 Å². The fourth-order valence-electron chi connectivity index (χ4n) is 5.43. The van der Waals surface area contributed by atoms with Crippen LogP contribution in [0, 0.1) is 18.8 Å². The van der Waals surface area contributed by atoms with Gasteiger partial charge in [-0.3, -0.25) is 24.8 Å². The lowest BCUT2D eigenvalue weighted by Gasteiger charge is -2.27. The van der Waals surface area contributed by atoms with Crippen molar-refractivity contribution in [3.63, 3.8) is 0 Å². The van der Waals surface area contributed by atoms with Gasteiger partial charge in [-0.05, 0) is 77.7 Å². The van der Waals surface area contributed by atoms with Crippen LogP contribution in [0.4, 0.5) is 8.78 Å². The Labute approximate surface area is 285 Å². The number of pyridine rings is 5. The van der Waals surface area contributed by atoms with Crippen molar-refractivity contribution < 1.29 is 8.78 Å². The van der Waals surface area contributed by atoms with Crippen LogP contribution >= 0.6 is 0 Å². The predicted octanol–water partition coefficient (Wildman–Crippen LogP) is 7.79. The van der Waals surface area contributed by atoms with Crippen LogP contribution in [0.3, 0.4) is 0 Å². The minimum absolute atomic E-state index is 0.398. The summed E-state index contributed by atoms with van der Waals surface area (Å²) in [6.07, 6.45) is 9.64. The van der Waals surface area contributed by atoms with Crippen molar-refractivity contribution in [1.82, 2.24) is 34.7 Å². The topological polar surface area (TPSA) is 70.9 Å². The second-order valence-corrected chi connectivity index (χ2v) is 11.9. The minimum atomic E-state index is -0.526. The van der Waals surface area contributed by atoms with Crippen molar-refractivity contribution in [3.05, 3.63) is 173 Å². The molecule has 0 radical (unpaired) electrons. The molecule has 0 aliphatic rings. The van der Waals surface area contributed by atoms with Crippen molar-refractivity contribution in [2.24, 2.45) is 0 Å². The molecule has 7 nitrogen and oxygen atoms in total. The Bertz CT molecular complexity index is 1900. The SMILES string of the molecule is Cc1ccc(-c2ccc(/C=C/c3ccc(CN(CCN(Cc4cccc(F)n4)Cc4cccc(F)n4)Cc4ccccn4)cc3)cn2)nc1. The molecule has 0 unspecified atom stereocenters. The van der Waals surface area contributed by atoms with Gasteiger partial charge in [0.1, 0.15) is 0 Å². The van der Waals surface area contributed by atoms with Crippen LogP contribution in [0.1, 0.15) is 39.3 Å². The highest BCUT2D eigenvalue weighted by molar-refractivity contribution is 5.70. The van der Waals surface area contributed by atoms with E-state index in [1.165, 1.54) is 12.1 Å². The Hall–Kier alpha value is -5.51. The molecule has 0 aliphatic heterocycles. The number of halogens is 2. The van der Waals surface area contributed by atoms with E-state index in [1.54, 1.807) is 30.5 Å². The highest BCUT2D eigenvalue weighted by atomic mass is 19.1. The maximum absolute atomic E-state index is 13.9. The van der Waals surface area contributed by atoms with E-state index in [1.807, 2.05) is 61.8 Å². The number of hydrogen-bond acceptors (Lipinski definition) is 7. The number of aryl methyl sites for hydroxylation is 1. The quantitative estimate of drug-likeness (QED) is 0.111. The monoisotopic (exact) mass is 653 g/mol. The van der Waals surface area contributed by atoms with Gasteiger partial charge in [0, 0.05) is 57.9 Å². The number of benzene rings is 1. The molecule has 6 aromatic rings. The molecule has 0 fully saturated rings. The second kappa shape index (κ2) is 16.5. The number of nitrogens with zero attached hydrogens (tertiary/aromatic N) is 7. The molecule has 0 aliphatic carbocycles. The van der Waals surface area contributed by atoms with E-state index in [2.05, 4.69) is 71.1 Å². The molecule has 5 heterocycles. The van der Waals surface area contributed by atoms with Gasteiger partial charge in [0.15, 0.2) is 0 Å². The maximum Gasteiger partial charge on any atom is 0.213 e. The fraction of sp³-hybridized carbons (Fsp3) is 0.175. The molecule has 0 saturated carbocycles. The highest BCUT2D eigenvalue weighted by Crippen LogP contribution is 2.17. The molecular formula is C40H37F2N7. The standard InChI is InChI=1S/C40H37F2N7/c1-30-11-19-37(44-24-30)38-20-18-32(25-45-38)15-12-31-13-16-33(17-14-31)26-48(27-34-6-2-3-21-43-34)22-23-49(28-35-7-4-9-39(41)46-35)29-36-8-5-10-40(42)47-36/h2-21,24-25H,22-23,26-29H2,1H3/b15-12+. The predicted molar refractivity (Wildman–Crippen MR) is 188 cm³/mol. The van der Waals surface area contributed by atoms with Gasteiger partial charge >= 0.3 is 0 Å². The van der Waals surface area contributed by atoms with Crippen LogP contribution in [0.25, 0.3) is 23.5 Å². The van der Waals surface area contributed by atoms with Crippen LogP contribution in [-0.2, 0) is 26.2 Å². The van der Waals surface area contributed by atoms with E-state index in [0.29, 0.717) is 50.7 Å². The van der Waals surface area contributed by atoms with E-state index in [4.69, 9.17) is 0 Å². The normalized spacial score (nSPS) is 11.5. The van der Waals surface area contributed by atoms with Gasteiger partial charge in [-0.15, -0.1) is 0 Å². The second-order valence-electron chi connectivity index (χ2n) is 11.9. The molecule has 0 spiro atoms. The largest absolute Gasteiger partial charge is 0.292 e. The summed E-state index contributed by atoms with van der Waals surface area (Å²) in [5, 5.41) is 0. The molecule has 0 atom stereocenters. The Kier molecular flexibility index (Phi) is 11.3. The lowest BCUT2D eigenvalue weighted by atomic mass is 10.1. The fourth-order valence-corrected chi connectivity index (χ4v) is 5.43. The van der Waals surface area contributed by atoms with Gasteiger partial charge in [0.05, 0.1) is 28.5 Å². The summed E-state index contributed by atoms with van der Waals surface area (Å²) in [4.78, 5) is 26.2. The van der Waals surface area contributed by atoms with E-state index < -0.39 is 11.9 Å². The molecule has 49 heavy (non-hydrogen) atoms. The summed E-state index contributed by atoms with van der Waals surface area (Å²) < 4.78 is 27.9. The molecular weight excluding hydrogens is 616 g/mol. The molecule has 5 aromatic heterocycles. The third-order valence-corrected chi connectivity index (χ3v) is 7.98. The Morgan fingerprint density at radius 3 is 1.67 bits per heavy atom. The number of hydrogen-bond donors (Lipinski definition) is 0. The first kappa shape index (κ1) is 33.4. The Morgan fingerprint density at radius 1 is 0.531 bits per heavy atom. The molecule has 9 heteroatoms. The lowest BCUT2D eigenvalue weighted by molar-refractivity contribution is 0.178. The summed E-state index contributed by atoms with van der Waals surface area (Å²) >= 11 is 0. The van der Waals surface area contributed by atoms with Gasteiger partial charge in [-0.2, -0.15) is 8.78 Å².